The first-order valence-corrected chi connectivity index (χ1v) is 8.05. The summed E-state index contributed by atoms with van der Waals surface area (Å²) in [5.74, 6) is 0. The number of nitrogens with zero attached hydrogens (tertiary/aromatic N) is 1. The van der Waals surface area contributed by atoms with Crippen molar-refractivity contribution in [1.29, 1.82) is 0 Å². The SMILES string of the molecule is CNS(=O)(=O)C1CCN(C2CCNCC2)CC1.Cl.Cl. The highest BCUT2D eigenvalue weighted by Crippen LogP contribution is 2.21. The minimum absolute atomic E-state index is 0. The van der Waals surface area contributed by atoms with Gasteiger partial charge in [0.15, 0.2) is 0 Å². The quantitative estimate of drug-likeness (QED) is 0.793. The molecule has 0 aromatic rings. The van der Waals surface area contributed by atoms with E-state index in [2.05, 4.69) is 14.9 Å². The first-order valence-electron chi connectivity index (χ1n) is 6.50. The Balaban J connectivity index is 0.00000162. The number of hydrogen-bond donors (Lipinski definition) is 2. The molecule has 2 N–H and O–H groups in total. The monoisotopic (exact) mass is 333 g/mol. The summed E-state index contributed by atoms with van der Waals surface area (Å²) in [4.78, 5) is 2.47. The highest BCUT2D eigenvalue weighted by atomic mass is 35.5. The van der Waals surface area contributed by atoms with Crippen LogP contribution in [0.25, 0.3) is 0 Å². The van der Waals surface area contributed by atoms with Gasteiger partial charge < -0.3 is 10.2 Å². The maximum atomic E-state index is 11.7. The number of sulfonamides is 1. The molecule has 19 heavy (non-hydrogen) atoms. The lowest BCUT2D eigenvalue weighted by Crippen LogP contribution is -2.49. The lowest BCUT2D eigenvalue weighted by atomic mass is 10.0. The van der Waals surface area contributed by atoms with Crippen molar-refractivity contribution in [3.05, 3.63) is 0 Å². The standard InChI is InChI=1S/C11H23N3O2S.2ClH/c1-12-17(15,16)11-4-8-14(9-5-11)10-2-6-13-7-3-10;;/h10-13H,2-9H2,1H3;2*1H. The number of hydrogen-bond acceptors (Lipinski definition) is 4. The zero-order valence-corrected chi connectivity index (χ0v) is 13.7. The van der Waals surface area contributed by atoms with Gasteiger partial charge in [0.25, 0.3) is 0 Å². The van der Waals surface area contributed by atoms with Gasteiger partial charge in [-0.3, -0.25) is 0 Å². The molecule has 0 amide bonds. The van der Waals surface area contributed by atoms with Gasteiger partial charge >= 0.3 is 0 Å². The molecule has 2 rings (SSSR count). The lowest BCUT2D eigenvalue weighted by molar-refractivity contribution is 0.137. The smallest absolute Gasteiger partial charge is 0.214 e. The van der Waals surface area contributed by atoms with Crippen LogP contribution in [0.4, 0.5) is 0 Å². The number of halogens is 2. The van der Waals surface area contributed by atoms with Crippen LogP contribution in [0.1, 0.15) is 25.7 Å². The topological polar surface area (TPSA) is 61.4 Å². The Hall–Kier alpha value is 0.410. The van der Waals surface area contributed by atoms with E-state index in [0.717, 1.165) is 39.0 Å². The van der Waals surface area contributed by atoms with Crippen LogP contribution in [-0.2, 0) is 10.0 Å². The van der Waals surface area contributed by atoms with Crippen LogP contribution in [-0.4, -0.2) is 57.8 Å². The van der Waals surface area contributed by atoms with E-state index in [-0.39, 0.29) is 30.1 Å². The summed E-state index contributed by atoms with van der Waals surface area (Å²) in [5.41, 5.74) is 0. The van der Waals surface area contributed by atoms with E-state index in [1.54, 1.807) is 0 Å². The van der Waals surface area contributed by atoms with E-state index in [9.17, 15) is 8.42 Å². The van der Waals surface area contributed by atoms with Gasteiger partial charge in [-0.15, -0.1) is 24.8 Å². The second-order valence-electron chi connectivity index (χ2n) is 4.97. The van der Waals surface area contributed by atoms with Gasteiger partial charge in [0.1, 0.15) is 0 Å². The Morgan fingerprint density at radius 1 is 1.05 bits per heavy atom. The van der Waals surface area contributed by atoms with E-state index < -0.39 is 10.0 Å². The van der Waals surface area contributed by atoms with E-state index in [4.69, 9.17) is 0 Å². The van der Waals surface area contributed by atoms with E-state index in [1.165, 1.54) is 19.9 Å². The van der Waals surface area contributed by atoms with Crippen LogP contribution >= 0.6 is 24.8 Å². The van der Waals surface area contributed by atoms with Crippen LogP contribution in [0.15, 0.2) is 0 Å². The number of piperidine rings is 2. The Morgan fingerprint density at radius 2 is 1.58 bits per heavy atom. The molecule has 2 saturated heterocycles. The highest BCUT2D eigenvalue weighted by molar-refractivity contribution is 7.90. The average molecular weight is 334 g/mol. The molecule has 116 valence electrons. The summed E-state index contributed by atoms with van der Waals surface area (Å²) in [5, 5.41) is 3.17. The summed E-state index contributed by atoms with van der Waals surface area (Å²) in [7, 11) is -1.56. The Labute approximate surface area is 128 Å². The molecule has 2 fully saturated rings. The minimum Gasteiger partial charge on any atom is -0.317 e. The molecule has 2 heterocycles. The van der Waals surface area contributed by atoms with Crippen molar-refractivity contribution in [2.24, 2.45) is 0 Å². The zero-order valence-electron chi connectivity index (χ0n) is 11.3. The highest BCUT2D eigenvalue weighted by Gasteiger charge is 2.31. The third kappa shape index (κ3) is 5.02. The third-order valence-corrected chi connectivity index (χ3v) is 5.94. The fraction of sp³-hybridized carbons (Fsp3) is 1.00. The molecule has 2 aliphatic heterocycles. The molecule has 0 aliphatic carbocycles. The van der Waals surface area contributed by atoms with E-state index in [0.29, 0.717) is 6.04 Å². The summed E-state index contributed by atoms with van der Waals surface area (Å²) < 4.78 is 25.8. The van der Waals surface area contributed by atoms with Crippen molar-refractivity contribution in [3.8, 4) is 0 Å². The van der Waals surface area contributed by atoms with Gasteiger partial charge in [0, 0.05) is 6.04 Å². The maximum Gasteiger partial charge on any atom is 0.214 e. The van der Waals surface area contributed by atoms with Crippen molar-refractivity contribution in [1.82, 2.24) is 14.9 Å². The predicted octanol–water partition coefficient (Wildman–Crippen LogP) is 0.596. The largest absolute Gasteiger partial charge is 0.317 e. The van der Waals surface area contributed by atoms with Gasteiger partial charge in [-0.25, -0.2) is 13.1 Å². The first-order chi connectivity index (χ1) is 8.13. The van der Waals surface area contributed by atoms with Crippen molar-refractivity contribution < 1.29 is 8.42 Å². The van der Waals surface area contributed by atoms with Gasteiger partial charge in [-0.2, -0.15) is 0 Å². The molecular weight excluding hydrogens is 309 g/mol. The fourth-order valence-electron chi connectivity index (χ4n) is 2.89. The second kappa shape index (κ2) is 8.64. The molecule has 0 aromatic carbocycles. The van der Waals surface area contributed by atoms with Crippen molar-refractivity contribution in [2.75, 3.05) is 33.2 Å². The summed E-state index contributed by atoms with van der Waals surface area (Å²) >= 11 is 0. The van der Waals surface area contributed by atoms with Crippen LogP contribution in [0.5, 0.6) is 0 Å². The predicted molar refractivity (Wildman–Crippen MR) is 83.0 cm³/mol. The van der Waals surface area contributed by atoms with Crippen molar-refractivity contribution >= 4 is 34.8 Å². The van der Waals surface area contributed by atoms with Gasteiger partial charge in [0.05, 0.1) is 5.25 Å². The van der Waals surface area contributed by atoms with Gasteiger partial charge in [-0.1, -0.05) is 0 Å². The molecule has 0 unspecified atom stereocenters. The van der Waals surface area contributed by atoms with Gasteiger partial charge in [-0.05, 0) is 58.9 Å². The molecule has 0 radical (unpaired) electrons. The summed E-state index contributed by atoms with van der Waals surface area (Å²) in [6.07, 6.45) is 3.94. The summed E-state index contributed by atoms with van der Waals surface area (Å²) in [6, 6.07) is 0.662. The maximum absolute atomic E-state index is 11.7. The fourth-order valence-corrected chi connectivity index (χ4v) is 4.05. The Kier molecular flexibility index (Phi) is 8.83. The van der Waals surface area contributed by atoms with Crippen LogP contribution in [0, 0.1) is 0 Å². The Morgan fingerprint density at radius 3 is 2.05 bits per heavy atom. The zero-order chi connectivity index (χ0) is 12.3. The molecule has 8 heteroatoms. The molecule has 0 bridgehead atoms. The molecule has 0 spiro atoms. The van der Waals surface area contributed by atoms with E-state index in [1.807, 2.05) is 0 Å². The van der Waals surface area contributed by atoms with Crippen molar-refractivity contribution in [2.45, 2.75) is 37.0 Å². The van der Waals surface area contributed by atoms with Crippen LogP contribution in [0.3, 0.4) is 0 Å². The molecule has 0 aromatic heterocycles. The van der Waals surface area contributed by atoms with Crippen LogP contribution < -0.4 is 10.0 Å². The lowest BCUT2D eigenvalue weighted by Gasteiger charge is -2.39. The Bertz CT molecular complexity index is 340. The molecule has 5 nitrogen and oxygen atoms in total. The molecule has 0 saturated carbocycles. The number of nitrogens with one attached hydrogen (secondary N) is 2. The normalized spacial score (nSPS) is 23.4. The van der Waals surface area contributed by atoms with Crippen LogP contribution in [0.2, 0.25) is 0 Å². The van der Waals surface area contributed by atoms with Crippen molar-refractivity contribution in [3.63, 3.8) is 0 Å². The molecular formula is C11H25Cl2N3O2S. The number of likely N-dealkylation sites (tertiary alicyclic amines) is 1. The first kappa shape index (κ1) is 19.4. The van der Waals surface area contributed by atoms with Gasteiger partial charge in [0.2, 0.25) is 10.0 Å². The number of rotatable bonds is 3. The summed E-state index contributed by atoms with van der Waals surface area (Å²) in [6.45, 7) is 4.05. The third-order valence-electron chi connectivity index (χ3n) is 4.02. The van der Waals surface area contributed by atoms with E-state index >= 15 is 0 Å². The minimum atomic E-state index is -3.06. The average Bonchev–Trinajstić information content (AvgIpc) is 2.40. The molecule has 0 atom stereocenters. The second-order valence-corrected chi connectivity index (χ2v) is 7.13. The molecule has 2 aliphatic rings.